The average molecular weight is 541 g/mol. The predicted molar refractivity (Wildman–Crippen MR) is 152 cm³/mol. The molecule has 0 aromatic heterocycles. The van der Waals surface area contributed by atoms with E-state index in [0.717, 1.165) is 30.6 Å². The molecule has 0 saturated heterocycles. The third-order valence-electron chi connectivity index (χ3n) is 7.49. The Kier molecular flexibility index (Phi) is 7.65. The van der Waals surface area contributed by atoms with Crippen molar-refractivity contribution in [3.8, 4) is 11.1 Å². The van der Waals surface area contributed by atoms with Gasteiger partial charge >= 0.3 is 5.97 Å². The molecule has 0 radical (unpaired) electrons. The largest absolute Gasteiger partial charge is 0.478 e. The van der Waals surface area contributed by atoms with Crippen molar-refractivity contribution in [1.82, 2.24) is 5.32 Å². The third-order valence-corrected chi connectivity index (χ3v) is 7.49. The maximum atomic E-state index is 15.7. The molecule has 1 aliphatic rings. The van der Waals surface area contributed by atoms with Crippen LogP contribution in [0.3, 0.4) is 0 Å². The molecule has 1 amide bonds. The van der Waals surface area contributed by atoms with Crippen LogP contribution in [-0.2, 0) is 13.0 Å². The molecule has 4 aromatic carbocycles. The number of nitrogens with zero attached hydrogens (tertiary/aromatic N) is 1. The zero-order valence-electron chi connectivity index (χ0n) is 22.4. The Bertz CT molecular complexity index is 1600. The minimum Gasteiger partial charge on any atom is -0.478 e. The second-order valence-corrected chi connectivity index (χ2v) is 10.2. The summed E-state index contributed by atoms with van der Waals surface area (Å²) in [7, 11) is 0. The maximum Gasteiger partial charge on any atom is 0.336 e. The number of anilines is 1. The lowest BCUT2D eigenvalue weighted by Gasteiger charge is -2.32. The summed E-state index contributed by atoms with van der Waals surface area (Å²) in [6.45, 7) is 4.55. The first-order chi connectivity index (χ1) is 19.2. The Morgan fingerprint density at radius 1 is 0.975 bits per heavy atom. The monoisotopic (exact) mass is 540 g/mol. The number of carbonyl (C=O) groups excluding carboxylic acids is 1. The van der Waals surface area contributed by atoms with Gasteiger partial charge in [0.25, 0.3) is 5.91 Å². The molecular weight excluding hydrogens is 510 g/mol. The molecule has 5 rings (SSSR count). The first kappa shape index (κ1) is 27.1. The molecule has 0 spiro atoms. The number of benzene rings is 4. The van der Waals surface area contributed by atoms with Crippen molar-refractivity contribution >= 4 is 17.6 Å². The van der Waals surface area contributed by atoms with Crippen LogP contribution in [-0.4, -0.2) is 23.5 Å². The van der Waals surface area contributed by atoms with Gasteiger partial charge in [0.2, 0.25) is 0 Å². The van der Waals surface area contributed by atoms with E-state index in [1.54, 1.807) is 55.5 Å². The molecule has 1 heterocycles. The van der Waals surface area contributed by atoms with Gasteiger partial charge in [0.05, 0.1) is 11.6 Å². The topological polar surface area (TPSA) is 69.6 Å². The number of rotatable bonds is 7. The van der Waals surface area contributed by atoms with E-state index in [4.69, 9.17) is 0 Å². The molecule has 1 unspecified atom stereocenters. The van der Waals surface area contributed by atoms with Crippen molar-refractivity contribution < 1.29 is 23.5 Å². The number of hydrogen-bond donors (Lipinski definition) is 2. The second-order valence-electron chi connectivity index (χ2n) is 10.2. The molecule has 5 nitrogen and oxygen atoms in total. The number of nitrogens with one attached hydrogen (secondary N) is 1. The Labute approximate surface area is 232 Å². The van der Waals surface area contributed by atoms with Gasteiger partial charge in [-0.15, -0.1) is 0 Å². The lowest BCUT2D eigenvalue weighted by Crippen LogP contribution is -2.30. The van der Waals surface area contributed by atoms with Gasteiger partial charge in [-0.05, 0) is 79.3 Å². The number of carboxylic acids is 1. The van der Waals surface area contributed by atoms with E-state index < -0.39 is 11.8 Å². The summed E-state index contributed by atoms with van der Waals surface area (Å²) >= 11 is 0. The molecule has 1 atom stereocenters. The molecule has 0 aliphatic carbocycles. The first-order valence-corrected chi connectivity index (χ1v) is 13.3. The SMILES string of the molecule is Cc1ccc(C(C)NC(=O)c2ccc3c(c2)CCCN3Cc2cccc(-c3ccccc3C(=O)O)c2F)cc1F. The number of carbonyl (C=O) groups is 2. The van der Waals surface area contributed by atoms with Crippen molar-refractivity contribution in [3.63, 3.8) is 0 Å². The van der Waals surface area contributed by atoms with Gasteiger partial charge in [-0.2, -0.15) is 0 Å². The van der Waals surface area contributed by atoms with Gasteiger partial charge in [0.15, 0.2) is 0 Å². The third kappa shape index (κ3) is 5.45. The van der Waals surface area contributed by atoms with Crippen LogP contribution >= 0.6 is 0 Å². The molecule has 0 saturated carbocycles. The van der Waals surface area contributed by atoms with Crippen LogP contribution in [0.15, 0.2) is 78.9 Å². The Morgan fingerprint density at radius 2 is 1.75 bits per heavy atom. The number of fused-ring (bicyclic) bond motifs is 1. The van der Waals surface area contributed by atoms with Gasteiger partial charge in [-0.25, -0.2) is 13.6 Å². The van der Waals surface area contributed by atoms with E-state index in [-0.39, 0.29) is 28.9 Å². The predicted octanol–water partition coefficient (Wildman–Crippen LogP) is 7.08. The van der Waals surface area contributed by atoms with E-state index in [1.807, 2.05) is 25.1 Å². The van der Waals surface area contributed by atoms with Crippen molar-refractivity contribution in [2.75, 3.05) is 11.4 Å². The summed E-state index contributed by atoms with van der Waals surface area (Å²) in [4.78, 5) is 26.8. The van der Waals surface area contributed by atoms with Crippen LogP contribution < -0.4 is 10.2 Å². The van der Waals surface area contributed by atoms with Crippen molar-refractivity contribution in [3.05, 3.63) is 124 Å². The molecule has 7 heteroatoms. The van der Waals surface area contributed by atoms with Crippen LogP contribution in [0.25, 0.3) is 11.1 Å². The molecule has 40 heavy (non-hydrogen) atoms. The van der Waals surface area contributed by atoms with Crippen LogP contribution in [0, 0.1) is 18.6 Å². The van der Waals surface area contributed by atoms with Crippen LogP contribution in [0.2, 0.25) is 0 Å². The fraction of sp³-hybridized carbons (Fsp3) is 0.212. The number of halogens is 2. The molecular formula is C33H30F2N2O3. The fourth-order valence-corrected chi connectivity index (χ4v) is 5.24. The van der Waals surface area contributed by atoms with Crippen molar-refractivity contribution in [2.45, 2.75) is 39.3 Å². The highest BCUT2D eigenvalue weighted by molar-refractivity contribution is 5.96. The number of carboxylic acid groups (broad SMARTS) is 1. The lowest BCUT2D eigenvalue weighted by atomic mass is 9.95. The summed E-state index contributed by atoms with van der Waals surface area (Å²) in [5.74, 6) is -2.10. The molecule has 0 bridgehead atoms. The van der Waals surface area contributed by atoms with Gasteiger partial charge in [0.1, 0.15) is 11.6 Å². The van der Waals surface area contributed by atoms with E-state index >= 15 is 4.39 Å². The minimum absolute atomic E-state index is 0.0505. The summed E-state index contributed by atoms with van der Waals surface area (Å²) < 4.78 is 29.7. The first-order valence-electron chi connectivity index (χ1n) is 13.3. The van der Waals surface area contributed by atoms with E-state index in [0.29, 0.717) is 34.4 Å². The number of hydrogen-bond acceptors (Lipinski definition) is 3. The lowest BCUT2D eigenvalue weighted by molar-refractivity contribution is 0.0697. The van der Waals surface area contributed by atoms with E-state index in [1.165, 1.54) is 12.1 Å². The fourth-order valence-electron chi connectivity index (χ4n) is 5.24. The molecule has 2 N–H and O–H groups in total. The highest BCUT2D eigenvalue weighted by Crippen LogP contribution is 2.33. The standard InChI is InChI=1S/C33H30F2N2O3/c1-20-12-13-22(18-29(20)34)21(2)36-32(38)24-14-15-30-23(17-24)8-6-16-37(30)19-25-7-5-11-27(31(25)35)26-9-3-4-10-28(26)33(39)40/h3-5,7,9-15,17-18,21H,6,8,16,19H2,1-2H3,(H,36,38)(H,39,40). The van der Waals surface area contributed by atoms with Crippen molar-refractivity contribution in [1.29, 1.82) is 0 Å². The summed E-state index contributed by atoms with van der Waals surface area (Å²) in [5, 5.41) is 12.5. The van der Waals surface area contributed by atoms with Crippen LogP contribution in [0.5, 0.6) is 0 Å². The average Bonchev–Trinajstić information content (AvgIpc) is 2.95. The maximum absolute atomic E-state index is 15.7. The van der Waals surface area contributed by atoms with Gasteiger partial charge in [-0.1, -0.05) is 48.5 Å². The molecule has 4 aromatic rings. The Morgan fingerprint density at radius 3 is 2.52 bits per heavy atom. The Hall–Kier alpha value is -4.52. The van der Waals surface area contributed by atoms with Gasteiger partial charge in [-0.3, -0.25) is 4.79 Å². The van der Waals surface area contributed by atoms with Gasteiger partial charge in [0, 0.05) is 35.5 Å². The zero-order chi connectivity index (χ0) is 28.4. The number of amides is 1. The highest BCUT2D eigenvalue weighted by atomic mass is 19.1. The van der Waals surface area contributed by atoms with Crippen LogP contribution in [0.1, 0.15) is 62.4 Å². The summed E-state index contributed by atoms with van der Waals surface area (Å²) in [6.07, 6.45) is 1.64. The van der Waals surface area contributed by atoms with Crippen LogP contribution in [0.4, 0.5) is 14.5 Å². The molecule has 0 fully saturated rings. The molecule has 204 valence electrons. The number of aromatic carboxylic acids is 1. The summed E-state index contributed by atoms with van der Waals surface area (Å²) in [5.41, 5.74) is 4.80. The normalized spacial score (nSPS) is 13.4. The quantitative estimate of drug-likeness (QED) is 0.263. The van der Waals surface area contributed by atoms with Crippen molar-refractivity contribution in [2.24, 2.45) is 0 Å². The molecule has 1 aliphatic heterocycles. The van der Waals surface area contributed by atoms with E-state index in [9.17, 15) is 19.1 Å². The second kappa shape index (κ2) is 11.3. The Balaban J connectivity index is 1.36. The minimum atomic E-state index is -1.11. The van der Waals surface area contributed by atoms with E-state index in [2.05, 4.69) is 10.2 Å². The summed E-state index contributed by atoms with van der Waals surface area (Å²) in [6, 6.07) is 21.6. The zero-order valence-corrected chi connectivity index (χ0v) is 22.4. The highest BCUT2D eigenvalue weighted by Gasteiger charge is 2.22. The smallest absolute Gasteiger partial charge is 0.336 e. The van der Waals surface area contributed by atoms with Gasteiger partial charge < -0.3 is 15.3 Å². The number of aryl methyl sites for hydroxylation is 2.